The van der Waals surface area contributed by atoms with Crippen LogP contribution in [0.2, 0.25) is 0 Å². The van der Waals surface area contributed by atoms with Gasteiger partial charge in [0.2, 0.25) is 0 Å². The highest BCUT2D eigenvalue weighted by Crippen LogP contribution is 2.29. The lowest BCUT2D eigenvalue weighted by molar-refractivity contribution is 0.0733. The van der Waals surface area contributed by atoms with Crippen LogP contribution in [0.15, 0.2) is 60.9 Å². The van der Waals surface area contributed by atoms with Crippen LogP contribution in [-0.2, 0) is 26.6 Å². The summed E-state index contributed by atoms with van der Waals surface area (Å²) < 4.78 is 17.1. The third kappa shape index (κ3) is 3.61. The number of hydrogen-bond donors (Lipinski definition) is 0. The summed E-state index contributed by atoms with van der Waals surface area (Å²) in [5.74, 6) is 0.202. The zero-order valence-electron chi connectivity index (χ0n) is 17.1. The molecule has 156 valence electrons. The number of carbonyl (C=O) groups is 1. The summed E-state index contributed by atoms with van der Waals surface area (Å²) in [6.45, 7) is 1.64. The van der Waals surface area contributed by atoms with E-state index in [1.165, 1.54) is 24.3 Å². The molecule has 3 heterocycles. The van der Waals surface area contributed by atoms with Gasteiger partial charge in [0.1, 0.15) is 17.8 Å². The lowest BCUT2D eigenvalue weighted by Crippen LogP contribution is -2.36. The van der Waals surface area contributed by atoms with Gasteiger partial charge in [0.05, 0.1) is 13.1 Å². The maximum atomic E-state index is 13.2. The molecular weight excluding hydrogens is 395 g/mol. The van der Waals surface area contributed by atoms with Crippen molar-refractivity contribution in [1.29, 1.82) is 0 Å². The summed E-state index contributed by atoms with van der Waals surface area (Å²) in [5.41, 5.74) is 4.42. The number of fused-ring (bicyclic) bond motifs is 1. The summed E-state index contributed by atoms with van der Waals surface area (Å²) in [6, 6.07) is 15.8. The van der Waals surface area contributed by atoms with Crippen molar-refractivity contribution in [2.75, 3.05) is 6.54 Å². The Labute approximate surface area is 178 Å². The summed E-state index contributed by atoms with van der Waals surface area (Å²) in [7, 11) is 1.91. The molecule has 0 saturated heterocycles. The van der Waals surface area contributed by atoms with E-state index in [9.17, 15) is 9.18 Å². The van der Waals surface area contributed by atoms with E-state index in [4.69, 9.17) is 5.10 Å². The SMILES string of the molecule is Cn1nc(-c2nncn2Cc2ccccc2)c2c1CCN(C(=O)c1ccc(F)cc1)C2. The zero-order valence-corrected chi connectivity index (χ0v) is 17.1. The Kier molecular flexibility index (Phi) is 4.82. The molecule has 0 aliphatic carbocycles. The molecule has 7 nitrogen and oxygen atoms in total. The molecule has 4 aromatic rings. The first kappa shape index (κ1) is 19.2. The summed E-state index contributed by atoms with van der Waals surface area (Å²) in [4.78, 5) is 14.8. The van der Waals surface area contributed by atoms with Crippen LogP contribution in [0, 0.1) is 5.82 Å². The van der Waals surface area contributed by atoms with Crippen molar-refractivity contribution in [3.63, 3.8) is 0 Å². The summed E-state index contributed by atoms with van der Waals surface area (Å²) >= 11 is 0. The van der Waals surface area contributed by atoms with Crippen LogP contribution < -0.4 is 0 Å². The largest absolute Gasteiger partial charge is 0.334 e. The molecule has 0 spiro atoms. The van der Waals surface area contributed by atoms with E-state index in [0.717, 1.165) is 22.5 Å². The normalized spacial score (nSPS) is 13.3. The zero-order chi connectivity index (χ0) is 21.4. The Hall–Kier alpha value is -3.81. The topological polar surface area (TPSA) is 68.8 Å². The van der Waals surface area contributed by atoms with E-state index in [0.29, 0.717) is 37.4 Å². The molecule has 31 heavy (non-hydrogen) atoms. The fourth-order valence-corrected chi connectivity index (χ4v) is 4.05. The van der Waals surface area contributed by atoms with E-state index >= 15 is 0 Å². The Bertz CT molecular complexity index is 1230. The van der Waals surface area contributed by atoms with Gasteiger partial charge >= 0.3 is 0 Å². The van der Waals surface area contributed by atoms with Crippen LogP contribution in [0.25, 0.3) is 11.5 Å². The first-order valence-electron chi connectivity index (χ1n) is 10.1. The van der Waals surface area contributed by atoms with Crippen LogP contribution in [0.3, 0.4) is 0 Å². The fraction of sp³-hybridized carbons (Fsp3) is 0.217. The second kappa shape index (κ2) is 7.79. The van der Waals surface area contributed by atoms with Crippen LogP contribution in [0.4, 0.5) is 4.39 Å². The molecule has 2 aromatic carbocycles. The van der Waals surface area contributed by atoms with Crippen molar-refractivity contribution >= 4 is 5.91 Å². The molecule has 0 fully saturated rings. The number of carbonyl (C=O) groups excluding carboxylic acids is 1. The number of halogens is 1. The molecule has 1 aliphatic heterocycles. The summed E-state index contributed by atoms with van der Waals surface area (Å²) in [6.07, 6.45) is 2.40. The third-order valence-electron chi connectivity index (χ3n) is 5.64. The average molecular weight is 416 g/mol. The summed E-state index contributed by atoms with van der Waals surface area (Å²) in [5, 5.41) is 13.2. The van der Waals surface area contributed by atoms with E-state index in [1.54, 1.807) is 11.2 Å². The molecule has 0 saturated carbocycles. The van der Waals surface area contributed by atoms with Crippen molar-refractivity contribution < 1.29 is 9.18 Å². The van der Waals surface area contributed by atoms with Crippen molar-refractivity contribution in [3.8, 4) is 11.5 Å². The van der Waals surface area contributed by atoms with Gasteiger partial charge in [-0.1, -0.05) is 30.3 Å². The second-order valence-corrected chi connectivity index (χ2v) is 7.65. The second-order valence-electron chi connectivity index (χ2n) is 7.65. The molecule has 1 aliphatic rings. The maximum Gasteiger partial charge on any atom is 0.254 e. The highest BCUT2D eigenvalue weighted by Gasteiger charge is 2.29. The number of benzene rings is 2. The number of aromatic nitrogens is 5. The fourth-order valence-electron chi connectivity index (χ4n) is 4.05. The van der Waals surface area contributed by atoms with Crippen LogP contribution >= 0.6 is 0 Å². The van der Waals surface area contributed by atoms with Gasteiger partial charge in [0, 0.05) is 36.8 Å². The predicted octanol–water partition coefficient (Wildman–Crippen LogP) is 3.06. The van der Waals surface area contributed by atoms with E-state index in [1.807, 2.05) is 34.5 Å². The minimum Gasteiger partial charge on any atom is -0.334 e. The van der Waals surface area contributed by atoms with Gasteiger partial charge in [-0.25, -0.2) is 4.39 Å². The molecular formula is C23H21FN6O. The monoisotopic (exact) mass is 416 g/mol. The number of aryl methyl sites for hydroxylation is 1. The highest BCUT2D eigenvalue weighted by atomic mass is 19.1. The standard InChI is InChI=1S/C23H21FN6O/c1-28-20-11-12-29(23(31)17-7-9-18(24)10-8-17)14-19(20)21(27-28)22-26-25-15-30(22)13-16-5-3-2-4-6-16/h2-10,15H,11-14H2,1H3. The molecule has 0 atom stereocenters. The molecule has 0 N–H and O–H groups in total. The molecule has 0 radical (unpaired) electrons. The van der Waals surface area contributed by atoms with E-state index in [2.05, 4.69) is 22.3 Å². The number of hydrogen-bond acceptors (Lipinski definition) is 4. The van der Waals surface area contributed by atoms with Crippen molar-refractivity contribution in [3.05, 3.63) is 89.1 Å². The highest BCUT2D eigenvalue weighted by molar-refractivity contribution is 5.94. The van der Waals surface area contributed by atoms with Crippen LogP contribution in [-0.4, -0.2) is 41.9 Å². The molecule has 5 rings (SSSR count). The van der Waals surface area contributed by atoms with Gasteiger partial charge in [0.15, 0.2) is 5.82 Å². The third-order valence-corrected chi connectivity index (χ3v) is 5.64. The quantitative estimate of drug-likeness (QED) is 0.513. The molecule has 8 heteroatoms. The van der Waals surface area contributed by atoms with E-state index < -0.39 is 0 Å². The van der Waals surface area contributed by atoms with Gasteiger partial charge < -0.3 is 9.47 Å². The van der Waals surface area contributed by atoms with E-state index in [-0.39, 0.29) is 11.7 Å². The van der Waals surface area contributed by atoms with Gasteiger partial charge in [0.25, 0.3) is 5.91 Å². The lowest BCUT2D eigenvalue weighted by Gasteiger charge is -2.27. The first-order valence-corrected chi connectivity index (χ1v) is 10.1. The van der Waals surface area contributed by atoms with Gasteiger partial charge in [-0.05, 0) is 29.8 Å². The molecule has 2 aromatic heterocycles. The minimum absolute atomic E-state index is 0.119. The first-order chi connectivity index (χ1) is 15.1. The maximum absolute atomic E-state index is 13.2. The van der Waals surface area contributed by atoms with Gasteiger partial charge in [-0.3, -0.25) is 9.48 Å². The Morgan fingerprint density at radius 2 is 1.87 bits per heavy atom. The smallest absolute Gasteiger partial charge is 0.254 e. The Morgan fingerprint density at radius 3 is 2.65 bits per heavy atom. The van der Waals surface area contributed by atoms with Gasteiger partial charge in [-0.2, -0.15) is 5.10 Å². The van der Waals surface area contributed by atoms with Crippen LogP contribution in [0.5, 0.6) is 0 Å². The van der Waals surface area contributed by atoms with Gasteiger partial charge in [-0.15, -0.1) is 10.2 Å². The molecule has 0 bridgehead atoms. The number of amides is 1. The van der Waals surface area contributed by atoms with Crippen molar-refractivity contribution in [2.45, 2.75) is 19.5 Å². The number of nitrogens with zero attached hydrogens (tertiary/aromatic N) is 6. The number of rotatable bonds is 4. The predicted molar refractivity (Wildman–Crippen MR) is 113 cm³/mol. The molecule has 1 amide bonds. The minimum atomic E-state index is -0.357. The molecule has 0 unspecified atom stereocenters. The van der Waals surface area contributed by atoms with Crippen molar-refractivity contribution in [2.24, 2.45) is 7.05 Å². The van der Waals surface area contributed by atoms with Crippen molar-refractivity contribution in [1.82, 2.24) is 29.4 Å². The van der Waals surface area contributed by atoms with Crippen LogP contribution in [0.1, 0.15) is 27.2 Å². The Balaban J connectivity index is 1.46. The average Bonchev–Trinajstić information content (AvgIpc) is 3.38. The lowest BCUT2D eigenvalue weighted by atomic mass is 10.0. The Morgan fingerprint density at radius 1 is 1.10 bits per heavy atom.